The number of hydrogen-bond donors (Lipinski definition) is 1. The second-order valence-electron chi connectivity index (χ2n) is 4.31. The van der Waals surface area contributed by atoms with Gasteiger partial charge in [0.05, 0.1) is 17.3 Å². The molecular formula is C15H9ClN2O3. The van der Waals surface area contributed by atoms with Crippen LogP contribution in [0.2, 0.25) is 5.02 Å². The number of nitrogens with zero attached hydrogens (tertiary/aromatic N) is 1. The van der Waals surface area contributed by atoms with E-state index in [0.717, 1.165) is 6.07 Å². The fourth-order valence-electron chi connectivity index (χ4n) is 1.87. The van der Waals surface area contributed by atoms with E-state index in [1.165, 1.54) is 12.3 Å². The number of anilines is 1. The first-order chi connectivity index (χ1) is 10.1. The Kier molecular flexibility index (Phi) is 3.41. The van der Waals surface area contributed by atoms with Gasteiger partial charge in [-0.15, -0.1) is 0 Å². The molecule has 6 heteroatoms. The predicted molar refractivity (Wildman–Crippen MR) is 79.7 cm³/mol. The van der Waals surface area contributed by atoms with E-state index in [2.05, 4.69) is 10.3 Å². The molecule has 0 spiro atoms. The van der Waals surface area contributed by atoms with Crippen molar-refractivity contribution in [2.75, 3.05) is 5.32 Å². The summed E-state index contributed by atoms with van der Waals surface area (Å²) < 4.78 is 5.44. The van der Waals surface area contributed by atoms with Crippen molar-refractivity contribution in [1.82, 2.24) is 4.98 Å². The Bertz CT molecular complexity index is 875. The fourth-order valence-corrected chi connectivity index (χ4v) is 2.04. The normalized spacial score (nSPS) is 10.5. The molecule has 0 aliphatic heterocycles. The minimum absolute atomic E-state index is 0.0707. The van der Waals surface area contributed by atoms with Crippen LogP contribution in [0.5, 0.6) is 0 Å². The van der Waals surface area contributed by atoms with E-state index in [4.69, 9.17) is 16.0 Å². The van der Waals surface area contributed by atoms with Crippen molar-refractivity contribution >= 4 is 34.2 Å². The van der Waals surface area contributed by atoms with Crippen molar-refractivity contribution < 1.29 is 9.21 Å². The number of nitrogens with one attached hydrogen (secondary N) is 1. The summed E-state index contributed by atoms with van der Waals surface area (Å²) in [4.78, 5) is 28.0. The highest BCUT2D eigenvalue weighted by molar-refractivity contribution is 6.31. The molecule has 0 saturated heterocycles. The summed E-state index contributed by atoms with van der Waals surface area (Å²) in [5.41, 5.74) is 0.500. The van der Waals surface area contributed by atoms with Crippen LogP contribution in [-0.4, -0.2) is 10.9 Å². The highest BCUT2D eigenvalue weighted by atomic mass is 35.5. The van der Waals surface area contributed by atoms with Gasteiger partial charge in [-0.2, -0.15) is 0 Å². The van der Waals surface area contributed by atoms with Crippen molar-refractivity contribution in [2.45, 2.75) is 0 Å². The molecule has 0 aliphatic carbocycles. The van der Waals surface area contributed by atoms with Crippen LogP contribution in [0.25, 0.3) is 11.0 Å². The van der Waals surface area contributed by atoms with Gasteiger partial charge in [0.25, 0.3) is 5.91 Å². The van der Waals surface area contributed by atoms with Gasteiger partial charge < -0.3 is 9.73 Å². The zero-order chi connectivity index (χ0) is 14.8. The zero-order valence-electron chi connectivity index (χ0n) is 10.7. The second-order valence-corrected chi connectivity index (χ2v) is 4.75. The first-order valence-electron chi connectivity index (χ1n) is 6.08. The van der Waals surface area contributed by atoms with Crippen molar-refractivity contribution in [3.63, 3.8) is 0 Å². The molecule has 2 aromatic heterocycles. The fraction of sp³-hybridized carbons (Fsp3) is 0. The van der Waals surface area contributed by atoms with E-state index >= 15 is 0 Å². The van der Waals surface area contributed by atoms with E-state index in [-0.39, 0.29) is 11.2 Å². The van der Waals surface area contributed by atoms with Crippen LogP contribution >= 0.6 is 11.6 Å². The van der Waals surface area contributed by atoms with Crippen LogP contribution < -0.4 is 10.7 Å². The highest BCUT2D eigenvalue weighted by Gasteiger charge is 2.12. The number of hydrogen-bond acceptors (Lipinski definition) is 4. The Morgan fingerprint density at radius 3 is 2.86 bits per heavy atom. The number of rotatable bonds is 2. The number of halogens is 1. The SMILES string of the molecule is O=C(Nc1cccnc1)c1cc(=O)c2cc(Cl)ccc2o1. The maximum absolute atomic E-state index is 12.1. The Hall–Kier alpha value is -2.66. The summed E-state index contributed by atoms with van der Waals surface area (Å²) in [7, 11) is 0. The van der Waals surface area contributed by atoms with Gasteiger partial charge in [0.2, 0.25) is 0 Å². The lowest BCUT2D eigenvalue weighted by molar-refractivity contribution is 0.0997. The smallest absolute Gasteiger partial charge is 0.291 e. The molecule has 1 aromatic carbocycles. The summed E-state index contributed by atoms with van der Waals surface area (Å²) in [5, 5.41) is 3.37. The summed E-state index contributed by atoms with van der Waals surface area (Å²) in [6.45, 7) is 0. The zero-order valence-corrected chi connectivity index (χ0v) is 11.4. The standard InChI is InChI=1S/C15H9ClN2O3/c16-9-3-4-13-11(6-9)12(19)7-14(21-13)15(20)18-10-2-1-5-17-8-10/h1-8H,(H,18,20). The number of amides is 1. The largest absolute Gasteiger partial charge is 0.451 e. The molecule has 0 aliphatic rings. The average molecular weight is 301 g/mol. The number of carbonyl (C=O) groups is 1. The lowest BCUT2D eigenvalue weighted by atomic mass is 10.2. The molecule has 0 atom stereocenters. The lowest BCUT2D eigenvalue weighted by Crippen LogP contribution is -2.15. The molecule has 0 unspecified atom stereocenters. The van der Waals surface area contributed by atoms with Crippen LogP contribution in [0.4, 0.5) is 5.69 Å². The Labute approximate surface area is 124 Å². The minimum atomic E-state index is -0.517. The van der Waals surface area contributed by atoms with Crippen molar-refractivity contribution in [3.8, 4) is 0 Å². The number of fused-ring (bicyclic) bond motifs is 1. The van der Waals surface area contributed by atoms with Gasteiger partial charge in [-0.1, -0.05) is 11.6 Å². The topological polar surface area (TPSA) is 72.2 Å². The average Bonchev–Trinajstić information content (AvgIpc) is 2.49. The van der Waals surface area contributed by atoms with E-state index in [0.29, 0.717) is 21.7 Å². The quantitative estimate of drug-likeness (QED) is 0.789. The monoisotopic (exact) mass is 300 g/mol. The van der Waals surface area contributed by atoms with E-state index < -0.39 is 5.91 Å². The molecule has 3 rings (SSSR count). The Morgan fingerprint density at radius 2 is 2.10 bits per heavy atom. The van der Waals surface area contributed by atoms with Crippen molar-refractivity contribution in [2.24, 2.45) is 0 Å². The number of carbonyl (C=O) groups excluding carboxylic acids is 1. The molecule has 1 N–H and O–H groups in total. The summed E-state index contributed by atoms with van der Waals surface area (Å²) in [6.07, 6.45) is 3.09. The van der Waals surface area contributed by atoms with Gasteiger partial charge in [0.1, 0.15) is 5.58 Å². The third-order valence-corrected chi connectivity index (χ3v) is 3.07. The van der Waals surface area contributed by atoms with Gasteiger partial charge in [0.15, 0.2) is 11.2 Å². The molecule has 21 heavy (non-hydrogen) atoms. The molecule has 5 nitrogen and oxygen atoms in total. The lowest BCUT2D eigenvalue weighted by Gasteiger charge is -2.05. The first kappa shape index (κ1) is 13.3. The van der Waals surface area contributed by atoms with Gasteiger partial charge in [0, 0.05) is 17.3 Å². The Morgan fingerprint density at radius 1 is 1.24 bits per heavy atom. The summed E-state index contributed by atoms with van der Waals surface area (Å²) in [6, 6.07) is 9.17. The highest BCUT2D eigenvalue weighted by Crippen LogP contribution is 2.18. The van der Waals surface area contributed by atoms with E-state index in [1.54, 1.807) is 30.5 Å². The third-order valence-electron chi connectivity index (χ3n) is 2.83. The van der Waals surface area contributed by atoms with Crippen LogP contribution in [-0.2, 0) is 0 Å². The van der Waals surface area contributed by atoms with Crippen LogP contribution in [0.3, 0.4) is 0 Å². The maximum Gasteiger partial charge on any atom is 0.291 e. The predicted octanol–water partition coefficient (Wildman–Crippen LogP) is 3.09. The molecule has 3 aromatic rings. The Balaban J connectivity index is 1.99. The number of benzene rings is 1. The van der Waals surface area contributed by atoms with Crippen molar-refractivity contribution in [1.29, 1.82) is 0 Å². The molecule has 0 radical (unpaired) electrons. The molecule has 1 amide bonds. The molecule has 104 valence electrons. The second kappa shape index (κ2) is 5.38. The van der Waals surface area contributed by atoms with Crippen LogP contribution in [0.15, 0.2) is 58.0 Å². The third kappa shape index (κ3) is 2.78. The molecule has 0 bridgehead atoms. The number of pyridine rings is 1. The summed E-state index contributed by atoms with van der Waals surface area (Å²) >= 11 is 5.83. The summed E-state index contributed by atoms with van der Waals surface area (Å²) in [5.74, 6) is -0.587. The van der Waals surface area contributed by atoms with E-state index in [1.807, 2.05) is 0 Å². The van der Waals surface area contributed by atoms with Crippen molar-refractivity contribution in [3.05, 3.63) is 69.8 Å². The van der Waals surface area contributed by atoms with E-state index in [9.17, 15) is 9.59 Å². The van der Waals surface area contributed by atoms with Gasteiger partial charge in [-0.05, 0) is 30.3 Å². The molecule has 2 heterocycles. The number of aromatic nitrogens is 1. The first-order valence-corrected chi connectivity index (χ1v) is 6.46. The molecule has 0 fully saturated rings. The molecule has 0 saturated carbocycles. The van der Waals surface area contributed by atoms with Crippen LogP contribution in [0.1, 0.15) is 10.6 Å². The van der Waals surface area contributed by atoms with Gasteiger partial charge in [-0.25, -0.2) is 0 Å². The maximum atomic E-state index is 12.1. The van der Waals surface area contributed by atoms with Crippen LogP contribution in [0, 0.1) is 0 Å². The van der Waals surface area contributed by atoms with Gasteiger partial charge >= 0.3 is 0 Å². The van der Waals surface area contributed by atoms with Gasteiger partial charge in [-0.3, -0.25) is 14.6 Å². The minimum Gasteiger partial charge on any atom is -0.451 e. The molecular weight excluding hydrogens is 292 g/mol.